The summed E-state index contributed by atoms with van der Waals surface area (Å²) in [6.07, 6.45) is 1.60. The van der Waals surface area contributed by atoms with Crippen LogP contribution in [0.25, 0.3) is 0 Å². The highest BCUT2D eigenvalue weighted by Crippen LogP contribution is 2.42. The summed E-state index contributed by atoms with van der Waals surface area (Å²) in [5, 5.41) is 4.06. The lowest BCUT2D eigenvalue weighted by Crippen LogP contribution is -1.94. The van der Waals surface area contributed by atoms with Crippen molar-refractivity contribution in [3.8, 4) is 5.75 Å². The van der Waals surface area contributed by atoms with Gasteiger partial charge in [0.15, 0.2) is 5.78 Å². The predicted octanol–water partition coefficient (Wildman–Crippen LogP) is 3.03. The predicted molar refractivity (Wildman–Crippen MR) is 65.9 cm³/mol. The second-order valence-corrected chi connectivity index (χ2v) is 4.52. The summed E-state index contributed by atoms with van der Waals surface area (Å²) >= 11 is 1.56. The highest BCUT2D eigenvalue weighted by molar-refractivity contribution is 8.03. The van der Waals surface area contributed by atoms with E-state index in [0.29, 0.717) is 6.61 Å². The zero-order chi connectivity index (χ0) is 11.5. The third-order valence-corrected chi connectivity index (χ3v) is 3.09. The number of hydrogen-bond donors (Lipinski definition) is 1. The molecule has 0 spiro atoms. The lowest BCUT2D eigenvalue weighted by atomic mass is 10.3. The summed E-state index contributed by atoms with van der Waals surface area (Å²) < 4.78 is 5.41. The smallest absolute Gasteiger partial charge is 0.155 e. The van der Waals surface area contributed by atoms with Gasteiger partial charge in [-0.15, -0.1) is 0 Å². The van der Waals surface area contributed by atoms with Crippen molar-refractivity contribution < 1.29 is 9.53 Å². The number of allylic oxidation sites excluding steroid dienone is 1. The Kier molecular flexibility index (Phi) is 3.19. The highest BCUT2D eigenvalue weighted by atomic mass is 32.2. The average Bonchev–Trinajstić information content (AvgIpc) is 2.58. The largest absolute Gasteiger partial charge is 0.494 e. The van der Waals surface area contributed by atoms with E-state index in [1.54, 1.807) is 24.8 Å². The molecule has 16 heavy (non-hydrogen) atoms. The van der Waals surface area contributed by atoms with E-state index in [2.05, 4.69) is 5.32 Å². The maximum atomic E-state index is 11.0. The van der Waals surface area contributed by atoms with Gasteiger partial charge in [0.2, 0.25) is 0 Å². The monoisotopic (exact) mass is 235 g/mol. The summed E-state index contributed by atoms with van der Waals surface area (Å²) in [5.74, 6) is 0.895. The molecule has 0 amide bonds. The number of anilines is 1. The first-order chi connectivity index (χ1) is 7.69. The number of benzene rings is 1. The molecule has 3 nitrogen and oxygen atoms in total. The van der Waals surface area contributed by atoms with Crippen LogP contribution in [0.5, 0.6) is 5.75 Å². The summed E-state index contributed by atoms with van der Waals surface area (Å²) in [6, 6.07) is 5.89. The minimum absolute atomic E-state index is 0.0489. The number of ether oxygens (including phenoxy) is 1. The number of fused-ring (bicyclic) bond motifs is 1. The molecule has 0 radical (unpaired) electrons. The summed E-state index contributed by atoms with van der Waals surface area (Å²) in [6.45, 7) is 4.16. The standard InChI is InChI=1S/C12H13NO2S/c1-3-15-9-4-5-11-10(7-9)13-12(16-11)6-8(2)14/h4-7,13H,3H2,1-2H3/b12-6-. The van der Waals surface area contributed by atoms with Crippen LogP contribution in [0.4, 0.5) is 5.69 Å². The van der Waals surface area contributed by atoms with Gasteiger partial charge in [0.05, 0.1) is 17.3 Å². The zero-order valence-electron chi connectivity index (χ0n) is 9.24. The molecule has 0 unspecified atom stereocenters. The molecule has 0 fully saturated rings. The Balaban J connectivity index is 2.21. The van der Waals surface area contributed by atoms with E-state index in [1.165, 1.54) is 0 Å². The van der Waals surface area contributed by atoms with Crippen LogP contribution in [0.15, 0.2) is 34.2 Å². The van der Waals surface area contributed by atoms with E-state index in [4.69, 9.17) is 4.74 Å². The normalized spacial score (nSPS) is 15.8. The van der Waals surface area contributed by atoms with Crippen LogP contribution in [0.3, 0.4) is 0 Å². The summed E-state index contributed by atoms with van der Waals surface area (Å²) in [4.78, 5) is 12.1. The number of thioether (sulfide) groups is 1. The van der Waals surface area contributed by atoms with Crippen LogP contribution >= 0.6 is 11.8 Å². The van der Waals surface area contributed by atoms with E-state index >= 15 is 0 Å². The first kappa shape index (κ1) is 11.1. The van der Waals surface area contributed by atoms with Crippen LogP contribution in [-0.4, -0.2) is 12.4 Å². The topological polar surface area (TPSA) is 38.3 Å². The molecule has 1 aromatic carbocycles. The molecule has 0 aliphatic carbocycles. The highest BCUT2D eigenvalue weighted by Gasteiger charge is 2.16. The number of carbonyl (C=O) groups excluding carboxylic acids is 1. The molecule has 0 aromatic heterocycles. The van der Waals surface area contributed by atoms with Crippen molar-refractivity contribution in [2.75, 3.05) is 11.9 Å². The van der Waals surface area contributed by atoms with Crippen molar-refractivity contribution in [1.29, 1.82) is 0 Å². The molecule has 1 aliphatic rings. The minimum atomic E-state index is 0.0489. The van der Waals surface area contributed by atoms with Gasteiger partial charge in [-0.05, 0) is 26.0 Å². The van der Waals surface area contributed by atoms with Crippen molar-refractivity contribution in [1.82, 2.24) is 0 Å². The minimum Gasteiger partial charge on any atom is -0.494 e. The van der Waals surface area contributed by atoms with Crippen molar-refractivity contribution in [2.24, 2.45) is 0 Å². The maximum Gasteiger partial charge on any atom is 0.155 e. The molecule has 0 saturated heterocycles. The number of rotatable bonds is 3. The Morgan fingerprint density at radius 2 is 2.38 bits per heavy atom. The summed E-state index contributed by atoms with van der Waals surface area (Å²) in [7, 11) is 0. The molecular weight excluding hydrogens is 222 g/mol. The number of nitrogens with one attached hydrogen (secondary N) is 1. The Bertz CT molecular complexity index is 454. The third kappa shape index (κ3) is 2.39. The summed E-state index contributed by atoms with van der Waals surface area (Å²) in [5.41, 5.74) is 1.00. The molecule has 1 aromatic rings. The van der Waals surface area contributed by atoms with Crippen LogP contribution < -0.4 is 10.1 Å². The SMILES string of the molecule is CCOc1ccc2c(c1)N/C(=C/C(C)=O)S2. The molecule has 0 saturated carbocycles. The van der Waals surface area contributed by atoms with Crippen molar-refractivity contribution in [3.63, 3.8) is 0 Å². The van der Waals surface area contributed by atoms with E-state index in [9.17, 15) is 4.79 Å². The Labute approximate surface area is 98.9 Å². The van der Waals surface area contributed by atoms with Crippen LogP contribution in [-0.2, 0) is 4.79 Å². The molecule has 1 heterocycles. The van der Waals surface area contributed by atoms with E-state index in [-0.39, 0.29) is 5.78 Å². The van der Waals surface area contributed by atoms with E-state index in [0.717, 1.165) is 21.4 Å². The van der Waals surface area contributed by atoms with Gasteiger partial charge in [0, 0.05) is 17.0 Å². The van der Waals surface area contributed by atoms with Gasteiger partial charge in [-0.25, -0.2) is 0 Å². The van der Waals surface area contributed by atoms with E-state index in [1.807, 2.05) is 25.1 Å². The van der Waals surface area contributed by atoms with Gasteiger partial charge in [-0.1, -0.05) is 11.8 Å². The Morgan fingerprint density at radius 3 is 3.06 bits per heavy atom. The Hall–Kier alpha value is -1.42. The quantitative estimate of drug-likeness (QED) is 0.817. The first-order valence-corrected chi connectivity index (χ1v) is 5.94. The lowest BCUT2D eigenvalue weighted by Gasteiger charge is -2.04. The fraction of sp³-hybridized carbons (Fsp3) is 0.250. The fourth-order valence-corrected chi connectivity index (χ4v) is 2.46. The second-order valence-electron chi connectivity index (χ2n) is 3.44. The molecule has 1 aliphatic heterocycles. The number of ketones is 1. The van der Waals surface area contributed by atoms with Gasteiger partial charge in [0.25, 0.3) is 0 Å². The molecule has 0 bridgehead atoms. The number of hydrogen-bond acceptors (Lipinski definition) is 4. The van der Waals surface area contributed by atoms with Gasteiger partial charge >= 0.3 is 0 Å². The fourth-order valence-electron chi connectivity index (χ4n) is 1.48. The second kappa shape index (κ2) is 4.61. The Morgan fingerprint density at radius 1 is 1.56 bits per heavy atom. The van der Waals surface area contributed by atoms with Gasteiger partial charge in [-0.2, -0.15) is 0 Å². The third-order valence-electron chi connectivity index (χ3n) is 2.07. The van der Waals surface area contributed by atoms with Gasteiger partial charge in [0.1, 0.15) is 5.75 Å². The van der Waals surface area contributed by atoms with Crippen molar-refractivity contribution >= 4 is 23.2 Å². The van der Waals surface area contributed by atoms with Crippen LogP contribution in [0.2, 0.25) is 0 Å². The van der Waals surface area contributed by atoms with Crippen molar-refractivity contribution in [2.45, 2.75) is 18.7 Å². The maximum absolute atomic E-state index is 11.0. The molecule has 0 atom stereocenters. The number of carbonyl (C=O) groups is 1. The van der Waals surface area contributed by atoms with Crippen LogP contribution in [0, 0.1) is 0 Å². The van der Waals surface area contributed by atoms with Gasteiger partial charge in [-0.3, -0.25) is 4.79 Å². The molecule has 84 valence electrons. The molecule has 4 heteroatoms. The lowest BCUT2D eigenvalue weighted by molar-refractivity contribution is -0.112. The molecular formula is C12H13NO2S. The van der Waals surface area contributed by atoms with Gasteiger partial charge < -0.3 is 10.1 Å². The van der Waals surface area contributed by atoms with Crippen LogP contribution in [0.1, 0.15) is 13.8 Å². The van der Waals surface area contributed by atoms with E-state index < -0.39 is 0 Å². The molecule has 1 N–H and O–H groups in total. The van der Waals surface area contributed by atoms with Crippen molar-refractivity contribution in [3.05, 3.63) is 29.3 Å². The zero-order valence-corrected chi connectivity index (χ0v) is 10.1. The average molecular weight is 235 g/mol. The molecule has 2 rings (SSSR count). The first-order valence-electron chi connectivity index (χ1n) is 5.13.